The first kappa shape index (κ1) is 12.2. The van der Waals surface area contributed by atoms with Crippen LogP contribution in [0.5, 0.6) is 0 Å². The fourth-order valence-electron chi connectivity index (χ4n) is 0.666. The summed E-state index contributed by atoms with van der Waals surface area (Å²) in [5.74, 6) is -1.88. The fraction of sp³-hybridized carbons (Fsp3) is 0.857. The first-order valence-electron chi connectivity index (χ1n) is 4.04. The molecule has 0 heterocycles. The minimum Gasteiger partial charge on any atom is -0.347 e. The van der Waals surface area contributed by atoms with Gasteiger partial charge in [0.2, 0.25) is 0 Å². The van der Waals surface area contributed by atoms with Crippen molar-refractivity contribution in [3.63, 3.8) is 0 Å². The number of carbonyl (C=O) groups excluding carboxylic acids is 1. The largest absolute Gasteiger partial charge is 0.471 e. The molecule has 0 aliphatic carbocycles. The van der Waals surface area contributed by atoms with Crippen LogP contribution in [-0.2, 0) is 4.79 Å². The monoisotopic (exact) mass is 198 g/mol. The summed E-state index contributed by atoms with van der Waals surface area (Å²) in [5.41, 5.74) is 0. The van der Waals surface area contributed by atoms with Gasteiger partial charge in [-0.2, -0.15) is 13.2 Å². The summed E-state index contributed by atoms with van der Waals surface area (Å²) in [6.07, 6.45) is -3.86. The number of nitrogens with one attached hydrogen (secondary N) is 2. The van der Waals surface area contributed by atoms with Crippen molar-refractivity contribution in [1.29, 1.82) is 0 Å². The summed E-state index contributed by atoms with van der Waals surface area (Å²) in [5, 5.41) is 4.61. The zero-order valence-electron chi connectivity index (χ0n) is 7.37. The molecule has 0 fully saturated rings. The first-order valence-corrected chi connectivity index (χ1v) is 4.04. The van der Waals surface area contributed by atoms with Crippen molar-refractivity contribution in [3.05, 3.63) is 0 Å². The van der Waals surface area contributed by atoms with E-state index >= 15 is 0 Å². The lowest BCUT2D eigenvalue weighted by atomic mass is 10.4. The smallest absolute Gasteiger partial charge is 0.347 e. The molecule has 0 aliphatic rings. The van der Waals surface area contributed by atoms with Gasteiger partial charge in [0, 0.05) is 13.1 Å². The molecule has 0 atom stereocenters. The van der Waals surface area contributed by atoms with Gasteiger partial charge in [0.15, 0.2) is 0 Å². The maximum Gasteiger partial charge on any atom is 0.471 e. The summed E-state index contributed by atoms with van der Waals surface area (Å²) in [7, 11) is 0. The Morgan fingerprint density at radius 1 is 1.23 bits per heavy atom. The minimum atomic E-state index is -4.77. The SMILES string of the molecule is CCCNCCNC(=O)C(F)(F)F. The third-order valence-electron chi connectivity index (χ3n) is 1.27. The molecular weight excluding hydrogens is 185 g/mol. The third kappa shape index (κ3) is 6.39. The van der Waals surface area contributed by atoms with Gasteiger partial charge in [-0.3, -0.25) is 4.79 Å². The summed E-state index contributed by atoms with van der Waals surface area (Å²) < 4.78 is 34.8. The van der Waals surface area contributed by atoms with Crippen LogP contribution in [0.2, 0.25) is 0 Å². The van der Waals surface area contributed by atoms with Crippen LogP contribution < -0.4 is 10.6 Å². The van der Waals surface area contributed by atoms with E-state index in [1.807, 2.05) is 6.92 Å². The van der Waals surface area contributed by atoms with Crippen LogP contribution in [0.4, 0.5) is 13.2 Å². The van der Waals surface area contributed by atoms with E-state index in [9.17, 15) is 18.0 Å². The minimum absolute atomic E-state index is 0.00164. The number of amides is 1. The van der Waals surface area contributed by atoms with Gasteiger partial charge >= 0.3 is 12.1 Å². The number of hydrogen-bond donors (Lipinski definition) is 2. The van der Waals surface area contributed by atoms with Crippen LogP contribution in [0.25, 0.3) is 0 Å². The third-order valence-corrected chi connectivity index (χ3v) is 1.27. The second kappa shape index (κ2) is 5.80. The summed E-state index contributed by atoms with van der Waals surface area (Å²) in [4.78, 5) is 10.2. The van der Waals surface area contributed by atoms with E-state index in [-0.39, 0.29) is 6.54 Å². The molecule has 0 aromatic heterocycles. The highest BCUT2D eigenvalue weighted by Gasteiger charge is 2.38. The molecule has 0 saturated heterocycles. The second-order valence-electron chi connectivity index (χ2n) is 2.50. The lowest BCUT2D eigenvalue weighted by Gasteiger charge is -2.07. The van der Waals surface area contributed by atoms with Crippen molar-refractivity contribution in [2.24, 2.45) is 0 Å². The predicted molar refractivity (Wildman–Crippen MR) is 42.2 cm³/mol. The summed E-state index contributed by atoms with van der Waals surface area (Å²) >= 11 is 0. The lowest BCUT2D eigenvalue weighted by molar-refractivity contribution is -0.173. The molecule has 1 amide bonds. The maximum atomic E-state index is 11.6. The highest BCUT2D eigenvalue weighted by Crippen LogP contribution is 2.13. The number of hydrogen-bond acceptors (Lipinski definition) is 2. The Balaban J connectivity index is 3.38. The van der Waals surface area contributed by atoms with Crippen LogP contribution >= 0.6 is 0 Å². The van der Waals surface area contributed by atoms with Crippen molar-refractivity contribution in [2.75, 3.05) is 19.6 Å². The Hall–Kier alpha value is -0.780. The Labute approximate surface area is 74.7 Å². The van der Waals surface area contributed by atoms with Crippen LogP contribution in [0.1, 0.15) is 13.3 Å². The van der Waals surface area contributed by atoms with Crippen LogP contribution in [-0.4, -0.2) is 31.7 Å². The molecule has 3 nitrogen and oxygen atoms in total. The Kier molecular flexibility index (Phi) is 5.45. The van der Waals surface area contributed by atoms with Gasteiger partial charge in [0.25, 0.3) is 0 Å². The average molecular weight is 198 g/mol. The Morgan fingerprint density at radius 3 is 2.31 bits per heavy atom. The first-order chi connectivity index (χ1) is 5.98. The second-order valence-corrected chi connectivity index (χ2v) is 2.50. The van der Waals surface area contributed by atoms with E-state index in [0.717, 1.165) is 13.0 Å². The van der Waals surface area contributed by atoms with E-state index < -0.39 is 12.1 Å². The number of alkyl halides is 3. The molecule has 0 radical (unpaired) electrons. The van der Waals surface area contributed by atoms with Gasteiger partial charge < -0.3 is 10.6 Å². The van der Waals surface area contributed by atoms with Gasteiger partial charge in [0.05, 0.1) is 0 Å². The van der Waals surface area contributed by atoms with Crippen molar-refractivity contribution in [1.82, 2.24) is 10.6 Å². The Morgan fingerprint density at radius 2 is 1.85 bits per heavy atom. The summed E-state index contributed by atoms with van der Waals surface area (Å²) in [6.45, 7) is 3.04. The molecule has 13 heavy (non-hydrogen) atoms. The average Bonchev–Trinajstić information content (AvgIpc) is 2.02. The molecule has 0 rings (SSSR count). The van der Waals surface area contributed by atoms with Gasteiger partial charge in [-0.25, -0.2) is 0 Å². The van der Waals surface area contributed by atoms with E-state index in [4.69, 9.17) is 0 Å². The molecular formula is C7H13F3N2O. The molecule has 2 N–H and O–H groups in total. The van der Waals surface area contributed by atoms with Crippen LogP contribution in [0.15, 0.2) is 0 Å². The zero-order valence-corrected chi connectivity index (χ0v) is 7.37. The van der Waals surface area contributed by atoms with Crippen molar-refractivity contribution >= 4 is 5.91 Å². The lowest BCUT2D eigenvalue weighted by Crippen LogP contribution is -2.40. The van der Waals surface area contributed by atoms with E-state index in [0.29, 0.717) is 6.54 Å². The molecule has 0 unspecified atom stereocenters. The van der Waals surface area contributed by atoms with E-state index in [1.54, 1.807) is 5.32 Å². The predicted octanol–water partition coefficient (Wildman–Crippen LogP) is 0.664. The zero-order chi connectivity index (χ0) is 10.3. The number of carbonyl (C=O) groups is 1. The fourth-order valence-corrected chi connectivity index (χ4v) is 0.666. The molecule has 0 aromatic rings. The van der Waals surface area contributed by atoms with Gasteiger partial charge in [0.1, 0.15) is 0 Å². The number of rotatable bonds is 5. The van der Waals surface area contributed by atoms with Crippen LogP contribution in [0, 0.1) is 0 Å². The standard InChI is InChI=1S/C7H13F3N2O/c1-2-3-11-4-5-12-6(13)7(8,9)10/h11H,2-5H2,1H3,(H,12,13). The van der Waals surface area contributed by atoms with E-state index in [2.05, 4.69) is 5.32 Å². The molecule has 0 aliphatic heterocycles. The molecule has 0 bridgehead atoms. The van der Waals surface area contributed by atoms with E-state index in [1.165, 1.54) is 0 Å². The summed E-state index contributed by atoms with van der Waals surface area (Å²) in [6, 6.07) is 0. The van der Waals surface area contributed by atoms with Gasteiger partial charge in [-0.1, -0.05) is 6.92 Å². The van der Waals surface area contributed by atoms with Gasteiger partial charge in [-0.05, 0) is 13.0 Å². The normalized spacial score (nSPS) is 11.4. The molecule has 0 saturated carbocycles. The topological polar surface area (TPSA) is 41.1 Å². The highest BCUT2D eigenvalue weighted by molar-refractivity contribution is 5.81. The van der Waals surface area contributed by atoms with Crippen molar-refractivity contribution in [3.8, 4) is 0 Å². The van der Waals surface area contributed by atoms with Crippen molar-refractivity contribution in [2.45, 2.75) is 19.5 Å². The van der Waals surface area contributed by atoms with Crippen molar-refractivity contribution < 1.29 is 18.0 Å². The maximum absolute atomic E-state index is 11.6. The number of halogens is 3. The quantitative estimate of drug-likeness (QED) is 0.637. The molecule has 78 valence electrons. The van der Waals surface area contributed by atoms with Crippen LogP contribution in [0.3, 0.4) is 0 Å². The molecule has 0 spiro atoms. The molecule has 6 heteroatoms. The molecule has 0 aromatic carbocycles. The Bertz CT molecular complexity index is 158. The highest BCUT2D eigenvalue weighted by atomic mass is 19.4. The van der Waals surface area contributed by atoms with Gasteiger partial charge in [-0.15, -0.1) is 0 Å².